The summed E-state index contributed by atoms with van der Waals surface area (Å²) >= 11 is 26.0. The summed E-state index contributed by atoms with van der Waals surface area (Å²) in [7, 11) is 4.16. The third-order valence-electron chi connectivity index (χ3n) is 14.9. The Hall–Kier alpha value is -5.34. The first-order valence-electron chi connectivity index (χ1n) is 30.3. The molecule has 92 heavy (non-hydrogen) atoms. The lowest BCUT2D eigenvalue weighted by Gasteiger charge is -2.33. The summed E-state index contributed by atoms with van der Waals surface area (Å²) in [5.41, 5.74) is 9.78. The molecule has 5 aromatic rings. The van der Waals surface area contributed by atoms with Crippen LogP contribution in [0.4, 0.5) is 0 Å². The van der Waals surface area contributed by atoms with E-state index >= 15 is 0 Å². The normalized spacial score (nSPS) is 16.7. The highest BCUT2D eigenvalue weighted by Gasteiger charge is 2.37. The molecule has 1 aromatic heterocycles. The molecule has 504 valence electrons. The minimum Gasteiger partial charge on any atom is -0.387 e. The van der Waals surface area contributed by atoms with Gasteiger partial charge in [-0.25, -0.2) is 4.68 Å². The molecule has 0 aliphatic carbocycles. The van der Waals surface area contributed by atoms with E-state index in [0.29, 0.717) is 112 Å². The molecule has 4 aromatic carbocycles. The summed E-state index contributed by atoms with van der Waals surface area (Å²) in [6.07, 6.45) is -5.21. The number of fused-ring (bicyclic) bond motifs is 2. The summed E-state index contributed by atoms with van der Waals surface area (Å²) < 4.78 is 51.4. The fourth-order valence-corrected chi connectivity index (χ4v) is 11.4. The molecule has 2 aliphatic heterocycles. The van der Waals surface area contributed by atoms with Gasteiger partial charge in [0.2, 0.25) is 0 Å². The molecule has 6 atom stereocenters. The number of amides is 2. The lowest BCUT2D eigenvalue weighted by atomic mass is 9.84. The first-order valence-corrected chi connectivity index (χ1v) is 31.8. The van der Waals surface area contributed by atoms with Gasteiger partial charge < -0.3 is 89.3 Å². The van der Waals surface area contributed by atoms with E-state index in [2.05, 4.69) is 79.2 Å². The number of nitrogens with one attached hydrogen (secondary N) is 2. The zero-order valence-corrected chi connectivity index (χ0v) is 54.7. The second kappa shape index (κ2) is 40.1. The number of nitrogens with two attached hydrogens (primary N) is 1. The number of benzene rings is 4. The van der Waals surface area contributed by atoms with Crippen molar-refractivity contribution < 1.29 is 72.6 Å². The Morgan fingerprint density at radius 3 is 1.61 bits per heavy atom. The maximum atomic E-state index is 12.4. The largest absolute Gasteiger partial charge is 0.387 e. The lowest BCUT2D eigenvalue weighted by molar-refractivity contribution is -0.156. The Bertz CT molecular complexity index is 3130. The summed E-state index contributed by atoms with van der Waals surface area (Å²) in [6.45, 7) is 8.68. The maximum Gasteiger partial charge on any atom is 0.253 e. The lowest BCUT2D eigenvalue weighted by Crippen LogP contribution is -2.54. The van der Waals surface area contributed by atoms with Crippen LogP contribution in [-0.4, -0.2) is 253 Å². The molecule has 25 nitrogen and oxygen atoms in total. The summed E-state index contributed by atoms with van der Waals surface area (Å²) in [5.74, 6) is 3.79. The first kappa shape index (κ1) is 74.1. The Morgan fingerprint density at radius 1 is 0.609 bits per heavy atom. The zero-order chi connectivity index (χ0) is 65.6. The molecule has 2 amide bonds. The van der Waals surface area contributed by atoms with Gasteiger partial charge in [-0.2, -0.15) is 5.10 Å². The van der Waals surface area contributed by atoms with Gasteiger partial charge in [-0.15, -0.1) is 5.10 Å². The number of hydrazone groups is 1. The van der Waals surface area contributed by atoms with E-state index in [-0.39, 0.29) is 64.8 Å². The Kier molecular flexibility index (Phi) is 32.3. The molecule has 8 N–H and O–H groups in total. The molecule has 0 radical (unpaired) electrons. The number of hydrogen-bond acceptors (Lipinski definition) is 22. The van der Waals surface area contributed by atoms with Crippen LogP contribution in [0.25, 0.3) is 11.3 Å². The van der Waals surface area contributed by atoms with Crippen LogP contribution >= 0.6 is 46.4 Å². The van der Waals surface area contributed by atoms with Crippen LogP contribution in [0.1, 0.15) is 50.8 Å². The quantitative estimate of drug-likeness (QED) is 0.00957. The molecule has 3 heterocycles. The molecule has 0 fully saturated rings. The minimum absolute atomic E-state index is 0.0439. The molecular formula is C63H84Cl4N10O15. The van der Waals surface area contributed by atoms with E-state index < -0.39 is 36.2 Å². The Balaban J connectivity index is 0.608. The number of aliphatic imine (C=N–C) groups is 1. The van der Waals surface area contributed by atoms with Crippen molar-refractivity contribution >= 4 is 70.1 Å². The molecule has 29 heteroatoms. The van der Waals surface area contributed by atoms with Gasteiger partial charge in [-0.05, 0) is 83.9 Å². The SMILES string of the molecule is CN1Cc2c(Cl)cc(Cl)cc2[C@H](c2cccc(C(C=NCCOCCOCCOCCOCCNC(=O)[C@H](O)[C@@H](O)[C@@H](O)[C@H](O)C(=O)NCOCCOCCOCCOCCOCCn3cc(-c4cccc([C@@H]5CN(C)Cc6c(Cl)cc(Cl)cc65)c4)nn3)=NN)c2)C1. The van der Waals surface area contributed by atoms with Crippen molar-refractivity contribution in [2.75, 3.05) is 159 Å². The fourth-order valence-electron chi connectivity index (χ4n) is 10.2. The number of rotatable bonds is 42. The fraction of sp³-hybridized carbons (Fsp3) is 0.524. The van der Waals surface area contributed by atoms with Crippen LogP contribution in [0.5, 0.6) is 0 Å². The van der Waals surface area contributed by atoms with Crippen LogP contribution in [0, 0.1) is 0 Å². The molecule has 0 saturated heterocycles. The molecule has 0 spiro atoms. The van der Waals surface area contributed by atoms with Crippen molar-refractivity contribution in [3.63, 3.8) is 0 Å². The number of carbonyl (C=O) groups excluding carboxylic acids is 2. The number of nitrogens with zero attached hydrogens (tertiary/aromatic N) is 7. The van der Waals surface area contributed by atoms with Gasteiger partial charge in [0.1, 0.15) is 30.3 Å². The molecular weight excluding hydrogens is 1280 g/mol. The van der Waals surface area contributed by atoms with Gasteiger partial charge in [-0.3, -0.25) is 14.6 Å². The number of hydrogen-bond donors (Lipinski definition) is 7. The predicted octanol–water partition coefficient (Wildman–Crippen LogP) is 3.93. The van der Waals surface area contributed by atoms with Crippen LogP contribution in [0.2, 0.25) is 20.1 Å². The van der Waals surface area contributed by atoms with Crippen LogP contribution in [0.3, 0.4) is 0 Å². The van der Waals surface area contributed by atoms with E-state index in [9.17, 15) is 30.0 Å². The van der Waals surface area contributed by atoms with Crippen molar-refractivity contribution in [2.24, 2.45) is 15.9 Å². The third-order valence-corrected chi connectivity index (χ3v) is 16.0. The maximum absolute atomic E-state index is 12.4. The molecule has 0 unspecified atom stereocenters. The Morgan fingerprint density at radius 2 is 1.08 bits per heavy atom. The number of likely N-dealkylation sites (N-methyl/N-ethyl adjacent to an activating group) is 2. The average molecular weight is 1360 g/mol. The van der Waals surface area contributed by atoms with E-state index in [1.165, 1.54) is 0 Å². The van der Waals surface area contributed by atoms with Crippen molar-refractivity contribution in [1.29, 1.82) is 0 Å². The second-order valence-corrected chi connectivity index (χ2v) is 23.4. The monoisotopic (exact) mass is 1360 g/mol. The number of ether oxygens (including phenoxy) is 9. The number of carbonyl (C=O) groups is 2. The molecule has 0 saturated carbocycles. The topological polar surface area (TPSA) is 310 Å². The van der Waals surface area contributed by atoms with Crippen molar-refractivity contribution in [2.45, 2.75) is 55.9 Å². The molecule has 2 aliphatic rings. The standard InChI is InChI=1S/C63H84Cl4N10O15/c1-75-36-50(48-31-46(64)33-54(66)52(48)38-75)42-5-3-7-44(29-42)56(72-68)35-69-9-12-84-15-18-87-21-22-88-19-16-85-13-10-70-62(82)60(80)58(78)59(79)61(81)63(83)71-41-92-28-27-91-26-25-90-24-23-89-20-17-86-14-11-77-40-57(73-74-77)45-8-4-6-43(30-45)51-37-76(2)39-53-49(51)32-47(65)34-55(53)67/h3-8,29-35,40,50-51,58-61,78-81H,9-28,36-39,41,68H2,1-2H3,(H,70,82)(H,71,83)/t50-,51-,58-,59+,60+,61-/m0/s1. The van der Waals surface area contributed by atoms with E-state index in [1.807, 2.05) is 42.6 Å². The van der Waals surface area contributed by atoms with Crippen molar-refractivity contribution in [3.05, 3.63) is 138 Å². The molecule has 0 bridgehead atoms. The van der Waals surface area contributed by atoms with Crippen LogP contribution < -0.4 is 16.5 Å². The summed E-state index contributed by atoms with van der Waals surface area (Å²) in [4.78, 5) is 33.7. The third kappa shape index (κ3) is 23.8. The highest BCUT2D eigenvalue weighted by Crippen LogP contribution is 2.40. The first-order chi connectivity index (χ1) is 44.6. The highest BCUT2D eigenvalue weighted by atomic mass is 35.5. The van der Waals surface area contributed by atoms with Gasteiger partial charge in [0.25, 0.3) is 11.8 Å². The number of aliphatic hydroxyl groups is 4. The van der Waals surface area contributed by atoms with Gasteiger partial charge in [0, 0.05) is 82.0 Å². The van der Waals surface area contributed by atoms with Crippen molar-refractivity contribution in [1.82, 2.24) is 35.4 Å². The van der Waals surface area contributed by atoms with Gasteiger partial charge in [-0.1, -0.05) is 88.0 Å². The van der Waals surface area contributed by atoms with Gasteiger partial charge in [0.05, 0.1) is 132 Å². The highest BCUT2D eigenvalue weighted by molar-refractivity contribution is 6.38. The Labute approximate surface area is 555 Å². The van der Waals surface area contributed by atoms with E-state index in [0.717, 1.165) is 76.4 Å². The minimum atomic E-state index is -2.20. The van der Waals surface area contributed by atoms with E-state index in [4.69, 9.17) is 94.9 Å². The number of aliphatic hydroxyl groups excluding tert-OH is 4. The van der Waals surface area contributed by atoms with Crippen molar-refractivity contribution in [3.8, 4) is 11.3 Å². The zero-order valence-electron chi connectivity index (χ0n) is 51.7. The van der Waals surface area contributed by atoms with Crippen LogP contribution in [0.15, 0.2) is 89.1 Å². The number of aromatic nitrogens is 3. The van der Waals surface area contributed by atoms with Gasteiger partial charge >= 0.3 is 0 Å². The second-order valence-electron chi connectivity index (χ2n) is 21.7. The van der Waals surface area contributed by atoms with Gasteiger partial charge in [0.15, 0.2) is 12.2 Å². The molecule has 7 rings (SSSR count). The smallest absolute Gasteiger partial charge is 0.253 e. The summed E-state index contributed by atoms with van der Waals surface area (Å²) in [6, 6.07) is 24.0. The van der Waals surface area contributed by atoms with Crippen LogP contribution in [-0.2, 0) is 71.9 Å². The predicted molar refractivity (Wildman–Crippen MR) is 348 cm³/mol. The summed E-state index contributed by atoms with van der Waals surface area (Å²) in [5, 5.41) is 60.9. The van der Waals surface area contributed by atoms with E-state index in [1.54, 1.807) is 23.0 Å². The number of halogens is 4. The average Bonchev–Trinajstić information content (AvgIpc) is 0.822.